The molecule has 0 bridgehead atoms. The minimum absolute atomic E-state index is 0.222. The summed E-state index contributed by atoms with van der Waals surface area (Å²) in [5.41, 5.74) is 0. The molecule has 0 spiro atoms. The van der Waals surface area contributed by atoms with Gasteiger partial charge < -0.3 is 4.53 Å². The highest BCUT2D eigenvalue weighted by molar-refractivity contribution is 6.74. The fraction of sp³-hybridized carbons (Fsp3) is 0.700. The molecule has 0 rings (SSSR count). The molecule has 0 saturated carbocycles. The van der Waals surface area contributed by atoms with Crippen LogP contribution in [0.5, 0.6) is 0 Å². The maximum Gasteiger partial charge on any atom is 0.286 e. The predicted octanol–water partition coefficient (Wildman–Crippen LogP) is 3.57. The number of allylic oxidation sites excluding steroid dienone is 2. The van der Waals surface area contributed by atoms with E-state index >= 15 is 0 Å². The van der Waals surface area contributed by atoms with Gasteiger partial charge >= 0.3 is 0 Å². The van der Waals surface area contributed by atoms with Crippen molar-refractivity contribution in [1.29, 1.82) is 0 Å². The molecule has 0 amide bonds. The minimum atomic E-state index is -1.69. The van der Waals surface area contributed by atoms with Gasteiger partial charge in [-0.2, -0.15) is 0 Å². The quantitative estimate of drug-likeness (QED) is 0.387. The van der Waals surface area contributed by atoms with E-state index in [-0.39, 0.29) is 5.04 Å². The van der Waals surface area contributed by atoms with E-state index in [4.69, 9.17) is 4.53 Å². The number of oxime groups is 1. The van der Waals surface area contributed by atoms with Crippen LogP contribution in [0.3, 0.4) is 0 Å². The summed E-state index contributed by atoms with van der Waals surface area (Å²) < 4.78 is 5.55. The third-order valence-corrected chi connectivity index (χ3v) is 6.60. The van der Waals surface area contributed by atoms with Gasteiger partial charge in [0.05, 0.1) is 6.21 Å². The van der Waals surface area contributed by atoms with Crippen molar-refractivity contribution >= 4 is 14.5 Å². The molecule has 76 valence electrons. The summed E-state index contributed by atoms with van der Waals surface area (Å²) >= 11 is 0. The van der Waals surface area contributed by atoms with Crippen LogP contribution in [0.25, 0.3) is 0 Å². The van der Waals surface area contributed by atoms with Gasteiger partial charge in [-0.25, -0.2) is 0 Å². The zero-order valence-electron chi connectivity index (χ0n) is 9.59. The first kappa shape index (κ1) is 12.4. The highest BCUT2D eigenvalue weighted by atomic mass is 28.4. The molecule has 0 aliphatic heterocycles. The van der Waals surface area contributed by atoms with Crippen molar-refractivity contribution in [3.63, 3.8) is 0 Å². The first-order valence-corrected chi connectivity index (χ1v) is 7.55. The number of nitrogens with zero attached hydrogens (tertiary/aromatic N) is 1. The van der Waals surface area contributed by atoms with E-state index in [0.717, 1.165) is 0 Å². The van der Waals surface area contributed by atoms with E-state index in [1.165, 1.54) is 0 Å². The third-order valence-electron chi connectivity index (χ3n) is 2.43. The Morgan fingerprint density at radius 3 is 2.15 bits per heavy atom. The van der Waals surface area contributed by atoms with Crippen LogP contribution in [-0.4, -0.2) is 14.5 Å². The molecular weight excluding hydrogens is 178 g/mol. The van der Waals surface area contributed by atoms with Crippen LogP contribution in [0.4, 0.5) is 0 Å². The molecule has 0 aromatic carbocycles. The summed E-state index contributed by atoms with van der Waals surface area (Å²) in [5.74, 6) is 0. The van der Waals surface area contributed by atoms with E-state index in [0.29, 0.717) is 0 Å². The molecule has 0 N–H and O–H groups in total. The Bertz CT molecular complexity index is 201. The van der Waals surface area contributed by atoms with Gasteiger partial charge in [0.2, 0.25) is 0 Å². The molecule has 0 aromatic rings. The summed E-state index contributed by atoms with van der Waals surface area (Å²) in [6.45, 7) is 12.9. The monoisotopic (exact) mass is 199 g/mol. The van der Waals surface area contributed by atoms with Crippen LogP contribution in [0.2, 0.25) is 18.1 Å². The minimum Gasteiger partial charge on any atom is -0.455 e. The van der Waals surface area contributed by atoms with Crippen molar-refractivity contribution < 1.29 is 4.53 Å². The second-order valence-electron chi connectivity index (χ2n) is 4.63. The fourth-order valence-corrected chi connectivity index (χ4v) is 1.02. The Hall–Kier alpha value is -0.573. The Kier molecular flexibility index (Phi) is 4.40. The van der Waals surface area contributed by atoms with Crippen molar-refractivity contribution in [2.24, 2.45) is 5.16 Å². The standard InChI is InChI=1S/C10H21NOSi/c1-7-8-9-11-12-13(5,6)10(2,3)4/h7-9H,1-6H3. The SMILES string of the molecule is CC=CC=NO[Si](C)(C)C(C)(C)C. The van der Waals surface area contributed by atoms with Gasteiger partial charge in [-0.1, -0.05) is 26.8 Å². The molecule has 0 fully saturated rings. The molecule has 0 unspecified atom stereocenters. The first-order valence-electron chi connectivity index (χ1n) is 4.64. The molecule has 0 radical (unpaired) electrons. The van der Waals surface area contributed by atoms with Crippen LogP contribution in [0.15, 0.2) is 17.3 Å². The highest BCUT2D eigenvalue weighted by Crippen LogP contribution is 2.36. The van der Waals surface area contributed by atoms with E-state index < -0.39 is 8.32 Å². The van der Waals surface area contributed by atoms with Gasteiger partial charge in [0.1, 0.15) is 0 Å². The summed E-state index contributed by atoms with van der Waals surface area (Å²) in [7, 11) is -1.69. The van der Waals surface area contributed by atoms with Gasteiger partial charge in [-0.3, -0.25) is 0 Å². The van der Waals surface area contributed by atoms with Gasteiger partial charge in [0, 0.05) is 0 Å². The molecule has 0 saturated heterocycles. The van der Waals surface area contributed by atoms with Gasteiger partial charge in [0.15, 0.2) is 0 Å². The van der Waals surface area contributed by atoms with Gasteiger partial charge in [0.25, 0.3) is 8.32 Å². The third kappa shape index (κ3) is 4.27. The van der Waals surface area contributed by atoms with Crippen molar-refractivity contribution in [3.8, 4) is 0 Å². The van der Waals surface area contributed by atoms with Crippen LogP contribution < -0.4 is 0 Å². The van der Waals surface area contributed by atoms with Crippen molar-refractivity contribution in [2.45, 2.75) is 45.8 Å². The summed E-state index contributed by atoms with van der Waals surface area (Å²) in [5, 5.41) is 4.17. The normalized spacial score (nSPS) is 14.3. The molecular formula is C10H21NOSi. The predicted molar refractivity (Wildman–Crippen MR) is 61.6 cm³/mol. The smallest absolute Gasteiger partial charge is 0.286 e. The molecule has 0 aliphatic carbocycles. The molecule has 0 heterocycles. The van der Waals surface area contributed by atoms with Crippen LogP contribution in [0.1, 0.15) is 27.7 Å². The molecule has 0 atom stereocenters. The lowest BCUT2D eigenvalue weighted by atomic mass is 10.2. The second-order valence-corrected chi connectivity index (χ2v) is 9.34. The summed E-state index contributed by atoms with van der Waals surface area (Å²) in [4.78, 5) is 0. The Morgan fingerprint density at radius 1 is 1.23 bits per heavy atom. The van der Waals surface area contributed by atoms with E-state index in [1.807, 2.05) is 19.1 Å². The van der Waals surface area contributed by atoms with Crippen molar-refractivity contribution in [1.82, 2.24) is 0 Å². The maximum atomic E-state index is 5.55. The lowest BCUT2D eigenvalue weighted by Gasteiger charge is -2.32. The Balaban J connectivity index is 4.19. The van der Waals surface area contributed by atoms with Crippen molar-refractivity contribution in [3.05, 3.63) is 12.2 Å². The fourth-order valence-electron chi connectivity index (χ4n) is 0.420. The number of rotatable bonds is 3. The van der Waals surface area contributed by atoms with Crippen LogP contribution in [-0.2, 0) is 4.53 Å². The zero-order valence-corrected chi connectivity index (χ0v) is 10.6. The molecule has 13 heavy (non-hydrogen) atoms. The van der Waals surface area contributed by atoms with Crippen molar-refractivity contribution in [2.75, 3.05) is 0 Å². The largest absolute Gasteiger partial charge is 0.455 e. The number of hydrogen-bond acceptors (Lipinski definition) is 2. The topological polar surface area (TPSA) is 21.6 Å². The first-order chi connectivity index (χ1) is 5.81. The van der Waals surface area contributed by atoms with E-state index in [2.05, 4.69) is 39.0 Å². The van der Waals surface area contributed by atoms with E-state index in [9.17, 15) is 0 Å². The van der Waals surface area contributed by atoms with Crippen LogP contribution >= 0.6 is 0 Å². The lowest BCUT2D eigenvalue weighted by molar-refractivity contribution is 0.310. The van der Waals surface area contributed by atoms with Gasteiger partial charge in [-0.15, -0.1) is 5.16 Å². The molecule has 3 heteroatoms. The van der Waals surface area contributed by atoms with Gasteiger partial charge in [-0.05, 0) is 31.1 Å². The Labute approximate surface area is 82.8 Å². The average Bonchev–Trinajstić information content (AvgIpc) is 1.96. The summed E-state index contributed by atoms with van der Waals surface area (Å²) in [6, 6.07) is 0. The summed E-state index contributed by atoms with van der Waals surface area (Å²) in [6.07, 6.45) is 5.49. The lowest BCUT2D eigenvalue weighted by Crippen LogP contribution is -2.39. The highest BCUT2D eigenvalue weighted by Gasteiger charge is 2.39. The van der Waals surface area contributed by atoms with Crippen LogP contribution in [0, 0.1) is 0 Å². The molecule has 2 nitrogen and oxygen atoms in total. The number of hydrogen-bond donors (Lipinski definition) is 0. The molecule has 0 aromatic heterocycles. The maximum absolute atomic E-state index is 5.55. The second kappa shape index (κ2) is 4.60. The average molecular weight is 199 g/mol. The zero-order chi connectivity index (χ0) is 10.5. The Morgan fingerprint density at radius 2 is 1.77 bits per heavy atom. The van der Waals surface area contributed by atoms with E-state index in [1.54, 1.807) is 6.21 Å². The molecule has 0 aliphatic rings.